The molecule has 1 amide bonds. The monoisotopic (exact) mass is 252 g/mol. The number of carbonyl (C=O) groups excluding carboxylic acids is 1. The average molecular weight is 252 g/mol. The van der Waals surface area contributed by atoms with Gasteiger partial charge >= 0.3 is 0 Å². The van der Waals surface area contributed by atoms with Crippen molar-refractivity contribution in [2.75, 3.05) is 27.3 Å². The van der Waals surface area contributed by atoms with Gasteiger partial charge in [0.25, 0.3) is 5.91 Å². The van der Waals surface area contributed by atoms with Crippen molar-refractivity contribution in [3.05, 3.63) is 35.4 Å². The second kappa shape index (κ2) is 7.81. The molecule has 100 valence electrons. The largest absolute Gasteiger partial charge is 0.354 e. The molecule has 5 nitrogen and oxygen atoms in total. The maximum absolute atomic E-state index is 11.8. The first-order chi connectivity index (χ1) is 8.71. The number of benzene rings is 1. The molecule has 0 saturated heterocycles. The number of nitrogens with two attached hydrogens (primary N) is 1. The van der Waals surface area contributed by atoms with E-state index in [-0.39, 0.29) is 5.91 Å². The lowest BCUT2D eigenvalue weighted by molar-refractivity contribution is -0.0974. The highest BCUT2D eigenvalue weighted by Gasteiger charge is 2.09. The number of hydrogen-bond donors (Lipinski definition) is 2. The summed E-state index contributed by atoms with van der Waals surface area (Å²) >= 11 is 0. The second-order valence-corrected chi connectivity index (χ2v) is 3.85. The Bertz CT molecular complexity index is 361. The molecular formula is C13H20N2O3. The molecule has 0 aliphatic carbocycles. The number of carbonyl (C=O) groups is 1. The number of rotatable bonds is 7. The Hall–Kier alpha value is -1.43. The standard InChI is InChI=1S/C13H20N2O3/c1-17-12(18-2)9-15-13(16)11-5-3-10(4-6-11)7-8-14/h3-6,12H,7-9,14H2,1-2H3,(H,15,16). The molecule has 0 aliphatic heterocycles. The minimum Gasteiger partial charge on any atom is -0.354 e. The van der Waals surface area contributed by atoms with Crippen LogP contribution >= 0.6 is 0 Å². The van der Waals surface area contributed by atoms with Crippen molar-refractivity contribution in [3.63, 3.8) is 0 Å². The van der Waals surface area contributed by atoms with Gasteiger partial charge in [-0.3, -0.25) is 4.79 Å². The molecule has 5 heteroatoms. The third kappa shape index (κ3) is 4.44. The number of hydrogen-bond acceptors (Lipinski definition) is 4. The van der Waals surface area contributed by atoms with E-state index in [9.17, 15) is 4.79 Å². The summed E-state index contributed by atoms with van der Waals surface area (Å²) in [6.45, 7) is 0.922. The zero-order chi connectivity index (χ0) is 13.4. The van der Waals surface area contributed by atoms with Gasteiger partial charge in [0.2, 0.25) is 0 Å². The Morgan fingerprint density at radius 2 is 1.89 bits per heavy atom. The average Bonchev–Trinajstić information content (AvgIpc) is 2.41. The Kier molecular flexibility index (Phi) is 6.35. The lowest BCUT2D eigenvalue weighted by Crippen LogP contribution is -2.34. The van der Waals surface area contributed by atoms with Crippen molar-refractivity contribution < 1.29 is 14.3 Å². The highest BCUT2D eigenvalue weighted by molar-refractivity contribution is 5.94. The van der Waals surface area contributed by atoms with Crippen LogP contribution in [0.1, 0.15) is 15.9 Å². The Balaban J connectivity index is 2.51. The maximum atomic E-state index is 11.8. The molecule has 0 bridgehead atoms. The lowest BCUT2D eigenvalue weighted by Gasteiger charge is -2.14. The molecule has 0 aromatic heterocycles. The van der Waals surface area contributed by atoms with E-state index < -0.39 is 6.29 Å². The first-order valence-corrected chi connectivity index (χ1v) is 5.84. The first-order valence-electron chi connectivity index (χ1n) is 5.84. The van der Waals surface area contributed by atoms with Gasteiger partial charge in [-0.2, -0.15) is 0 Å². The van der Waals surface area contributed by atoms with Gasteiger partial charge in [-0.05, 0) is 30.7 Å². The molecule has 0 fully saturated rings. The molecule has 0 heterocycles. The van der Waals surface area contributed by atoms with E-state index in [2.05, 4.69) is 5.32 Å². The van der Waals surface area contributed by atoms with Gasteiger partial charge in [0.1, 0.15) is 0 Å². The number of nitrogens with one attached hydrogen (secondary N) is 1. The predicted molar refractivity (Wildman–Crippen MR) is 69.3 cm³/mol. The highest BCUT2D eigenvalue weighted by Crippen LogP contribution is 2.05. The maximum Gasteiger partial charge on any atom is 0.251 e. The summed E-state index contributed by atoms with van der Waals surface area (Å²) in [6.07, 6.45) is 0.391. The number of ether oxygens (including phenoxy) is 2. The van der Waals surface area contributed by atoms with Gasteiger partial charge in [0.15, 0.2) is 6.29 Å². The fourth-order valence-electron chi connectivity index (χ4n) is 1.53. The van der Waals surface area contributed by atoms with Crippen LogP contribution < -0.4 is 11.1 Å². The fourth-order valence-corrected chi connectivity index (χ4v) is 1.53. The van der Waals surface area contributed by atoms with E-state index in [4.69, 9.17) is 15.2 Å². The van der Waals surface area contributed by atoms with Crippen molar-refractivity contribution in [2.24, 2.45) is 5.73 Å². The Morgan fingerprint density at radius 3 is 2.39 bits per heavy atom. The zero-order valence-electron chi connectivity index (χ0n) is 10.8. The quantitative estimate of drug-likeness (QED) is 0.694. The molecule has 3 N–H and O–H groups in total. The number of amides is 1. The van der Waals surface area contributed by atoms with Crippen LogP contribution in [0.25, 0.3) is 0 Å². The molecule has 0 saturated carbocycles. The topological polar surface area (TPSA) is 73.6 Å². The van der Waals surface area contributed by atoms with Crippen LogP contribution in [0.2, 0.25) is 0 Å². The van der Waals surface area contributed by atoms with Crippen LogP contribution in [-0.4, -0.2) is 39.5 Å². The highest BCUT2D eigenvalue weighted by atomic mass is 16.7. The van der Waals surface area contributed by atoms with Gasteiger partial charge < -0.3 is 20.5 Å². The van der Waals surface area contributed by atoms with Crippen molar-refractivity contribution in [1.29, 1.82) is 0 Å². The van der Waals surface area contributed by atoms with Crippen molar-refractivity contribution in [3.8, 4) is 0 Å². The van der Waals surface area contributed by atoms with E-state index in [0.29, 0.717) is 18.7 Å². The summed E-state index contributed by atoms with van der Waals surface area (Å²) in [6, 6.07) is 7.39. The van der Waals surface area contributed by atoms with Crippen molar-refractivity contribution >= 4 is 5.91 Å². The van der Waals surface area contributed by atoms with Gasteiger partial charge in [0.05, 0.1) is 6.54 Å². The minimum atomic E-state index is -0.425. The van der Waals surface area contributed by atoms with E-state index in [0.717, 1.165) is 12.0 Å². The summed E-state index contributed by atoms with van der Waals surface area (Å²) < 4.78 is 9.97. The SMILES string of the molecule is COC(CNC(=O)c1ccc(CCN)cc1)OC. The molecule has 0 spiro atoms. The molecule has 0 aliphatic rings. The molecule has 1 aromatic carbocycles. The Morgan fingerprint density at radius 1 is 1.28 bits per heavy atom. The predicted octanol–water partition coefficient (Wildman–Crippen LogP) is 0.537. The molecular weight excluding hydrogens is 232 g/mol. The van der Waals surface area contributed by atoms with Crippen molar-refractivity contribution in [1.82, 2.24) is 5.32 Å². The normalized spacial score (nSPS) is 10.7. The van der Waals surface area contributed by atoms with Crippen LogP contribution in [0.5, 0.6) is 0 Å². The van der Waals surface area contributed by atoms with Crippen LogP contribution in [-0.2, 0) is 15.9 Å². The molecule has 0 unspecified atom stereocenters. The van der Waals surface area contributed by atoms with E-state index in [1.165, 1.54) is 14.2 Å². The zero-order valence-corrected chi connectivity index (χ0v) is 10.8. The van der Waals surface area contributed by atoms with Gasteiger partial charge in [-0.25, -0.2) is 0 Å². The van der Waals surface area contributed by atoms with Crippen LogP contribution in [0.4, 0.5) is 0 Å². The summed E-state index contributed by atoms with van der Waals surface area (Å²) in [5.74, 6) is -0.145. The molecule has 18 heavy (non-hydrogen) atoms. The van der Waals surface area contributed by atoms with Crippen molar-refractivity contribution in [2.45, 2.75) is 12.7 Å². The summed E-state index contributed by atoms with van der Waals surface area (Å²) in [5, 5.41) is 2.74. The second-order valence-electron chi connectivity index (χ2n) is 3.85. The summed E-state index contributed by atoms with van der Waals surface area (Å²) in [7, 11) is 3.06. The van der Waals surface area contributed by atoms with E-state index in [1.54, 1.807) is 12.1 Å². The van der Waals surface area contributed by atoms with Crippen LogP contribution in [0.3, 0.4) is 0 Å². The number of methoxy groups -OCH3 is 2. The van der Waals surface area contributed by atoms with Gasteiger partial charge in [-0.1, -0.05) is 12.1 Å². The smallest absolute Gasteiger partial charge is 0.251 e. The van der Waals surface area contributed by atoms with E-state index >= 15 is 0 Å². The van der Waals surface area contributed by atoms with Gasteiger partial charge in [0, 0.05) is 19.8 Å². The third-order valence-corrected chi connectivity index (χ3v) is 2.60. The molecule has 0 radical (unpaired) electrons. The molecule has 1 aromatic rings. The van der Waals surface area contributed by atoms with E-state index in [1.807, 2.05) is 12.1 Å². The minimum absolute atomic E-state index is 0.145. The molecule has 1 rings (SSSR count). The summed E-state index contributed by atoms with van der Waals surface area (Å²) in [4.78, 5) is 11.8. The molecule has 0 atom stereocenters. The van der Waals surface area contributed by atoms with Crippen LogP contribution in [0, 0.1) is 0 Å². The van der Waals surface area contributed by atoms with Crippen LogP contribution in [0.15, 0.2) is 24.3 Å². The summed E-state index contributed by atoms with van der Waals surface area (Å²) in [5.41, 5.74) is 7.20. The Labute approximate surface area is 107 Å². The lowest BCUT2D eigenvalue weighted by atomic mass is 10.1. The fraction of sp³-hybridized carbons (Fsp3) is 0.462. The third-order valence-electron chi connectivity index (χ3n) is 2.60. The first kappa shape index (κ1) is 14.6. The van der Waals surface area contributed by atoms with Gasteiger partial charge in [-0.15, -0.1) is 0 Å².